The van der Waals surface area contributed by atoms with Crippen molar-refractivity contribution in [1.82, 2.24) is 4.90 Å². The summed E-state index contributed by atoms with van der Waals surface area (Å²) in [4.78, 5) is 15.2. The summed E-state index contributed by atoms with van der Waals surface area (Å²) in [6.07, 6.45) is 2.25. The van der Waals surface area contributed by atoms with Crippen molar-refractivity contribution in [3.63, 3.8) is 0 Å². The van der Waals surface area contributed by atoms with Gasteiger partial charge in [-0.25, -0.2) is 0 Å². The summed E-state index contributed by atoms with van der Waals surface area (Å²) in [5.74, 6) is 1.62. The molecule has 1 aliphatic rings. The van der Waals surface area contributed by atoms with Crippen molar-refractivity contribution in [3.8, 4) is 11.5 Å². The number of ether oxygens (including phenoxy) is 2. The summed E-state index contributed by atoms with van der Waals surface area (Å²) in [7, 11) is 3.23. The predicted octanol–water partition coefficient (Wildman–Crippen LogP) is 2.81. The zero-order chi connectivity index (χ0) is 14.5. The van der Waals surface area contributed by atoms with Crippen LogP contribution in [0.15, 0.2) is 23.1 Å². The Bertz CT molecular complexity index is 472. The molecule has 20 heavy (non-hydrogen) atoms. The molecule has 1 aliphatic heterocycles. The first-order valence-corrected chi connectivity index (χ1v) is 7.71. The van der Waals surface area contributed by atoms with Crippen LogP contribution in [0.4, 0.5) is 0 Å². The molecule has 110 valence electrons. The van der Waals surface area contributed by atoms with Gasteiger partial charge in [0.15, 0.2) is 11.5 Å². The Balaban J connectivity index is 2.03. The number of hydrogen-bond acceptors (Lipinski definition) is 4. The third-order valence-corrected chi connectivity index (χ3v) is 4.51. The number of hydrogen-bond donors (Lipinski definition) is 0. The van der Waals surface area contributed by atoms with Gasteiger partial charge in [-0.1, -0.05) is 0 Å². The van der Waals surface area contributed by atoms with E-state index in [2.05, 4.69) is 0 Å². The van der Waals surface area contributed by atoms with Gasteiger partial charge in [0.2, 0.25) is 5.91 Å². The first kappa shape index (κ1) is 15.0. The van der Waals surface area contributed by atoms with Gasteiger partial charge in [-0.15, -0.1) is 11.8 Å². The highest BCUT2D eigenvalue weighted by atomic mass is 32.2. The minimum Gasteiger partial charge on any atom is -0.493 e. The van der Waals surface area contributed by atoms with Gasteiger partial charge in [0.1, 0.15) is 0 Å². The van der Waals surface area contributed by atoms with Gasteiger partial charge in [0.25, 0.3) is 0 Å². The van der Waals surface area contributed by atoms with E-state index in [0.29, 0.717) is 11.5 Å². The van der Waals surface area contributed by atoms with Crippen molar-refractivity contribution >= 4 is 17.7 Å². The molecule has 0 aliphatic carbocycles. The zero-order valence-corrected chi connectivity index (χ0v) is 13.0. The Labute approximate surface area is 124 Å². The maximum Gasteiger partial charge on any atom is 0.235 e. The second kappa shape index (κ2) is 6.88. The van der Waals surface area contributed by atoms with E-state index in [-0.39, 0.29) is 11.2 Å². The van der Waals surface area contributed by atoms with E-state index < -0.39 is 0 Å². The van der Waals surface area contributed by atoms with E-state index in [1.807, 2.05) is 30.0 Å². The van der Waals surface area contributed by atoms with Crippen LogP contribution >= 0.6 is 11.8 Å². The quantitative estimate of drug-likeness (QED) is 0.783. The van der Waals surface area contributed by atoms with E-state index in [0.717, 1.165) is 30.8 Å². The highest BCUT2D eigenvalue weighted by Gasteiger charge is 2.24. The molecular formula is C15H21NO3S. The lowest BCUT2D eigenvalue weighted by Gasteiger charge is -2.20. The predicted molar refractivity (Wildman–Crippen MR) is 80.7 cm³/mol. The molecule has 0 saturated carbocycles. The summed E-state index contributed by atoms with van der Waals surface area (Å²) in [5.41, 5.74) is 0. The molecule has 0 bridgehead atoms. The van der Waals surface area contributed by atoms with Crippen molar-refractivity contribution in [2.75, 3.05) is 27.3 Å². The molecule has 0 radical (unpaired) electrons. The summed E-state index contributed by atoms with van der Waals surface area (Å²) in [6.45, 7) is 3.76. The Morgan fingerprint density at radius 1 is 1.20 bits per heavy atom. The van der Waals surface area contributed by atoms with Crippen LogP contribution in [0, 0.1) is 0 Å². The molecule has 1 aromatic rings. The van der Waals surface area contributed by atoms with Gasteiger partial charge in [-0.05, 0) is 38.0 Å². The maximum absolute atomic E-state index is 12.3. The zero-order valence-electron chi connectivity index (χ0n) is 12.2. The average molecular weight is 295 g/mol. The van der Waals surface area contributed by atoms with E-state index in [1.165, 1.54) is 0 Å². The number of thioether (sulfide) groups is 1. The van der Waals surface area contributed by atoms with Crippen LogP contribution < -0.4 is 9.47 Å². The fourth-order valence-electron chi connectivity index (χ4n) is 2.34. The van der Waals surface area contributed by atoms with Gasteiger partial charge in [-0.3, -0.25) is 4.79 Å². The highest BCUT2D eigenvalue weighted by molar-refractivity contribution is 8.00. The van der Waals surface area contributed by atoms with E-state index in [1.54, 1.807) is 26.0 Å². The fraction of sp³-hybridized carbons (Fsp3) is 0.533. The molecule has 1 unspecified atom stereocenters. The van der Waals surface area contributed by atoms with Crippen molar-refractivity contribution in [1.29, 1.82) is 0 Å². The standard InChI is InChI=1S/C15H21NO3S/c1-11(15(17)16-8-4-5-9-16)20-12-6-7-13(18-2)14(10-12)19-3/h6-7,10-11H,4-5,8-9H2,1-3H3. The van der Waals surface area contributed by atoms with Gasteiger partial charge < -0.3 is 14.4 Å². The van der Waals surface area contributed by atoms with Gasteiger partial charge in [0.05, 0.1) is 19.5 Å². The number of likely N-dealkylation sites (tertiary alicyclic amines) is 1. The topological polar surface area (TPSA) is 38.8 Å². The molecule has 2 rings (SSSR count). The third kappa shape index (κ3) is 3.39. The lowest BCUT2D eigenvalue weighted by molar-refractivity contribution is -0.129. The monoisotopic (exact) mass is 295 g/mol. The minimum absolute atomic E-state index is 0.0776. The molecular weight excluding hydrogens is 274 g/mol. The Morgan fingerprint density at radius 2 is 1.85 bits per heavy atom. The number of methoxy groups -OCH3 is 2. The molecule has 1 heterocycles. The lowest BCUT2D eigenvalue weighted by Crippen LogP contribution is -2.33. The largest absolute Gasteiger partial charge is 0.493 e. The highest BCUT2D eigenvalue weighted by Crippen LogP contribution is 2.34. The average Bonchev–Trinajstić information content (AvgIpc) is 3.00. The molecule has 0 N–H and O–H groups in total. The second-order valence-electron chi connectivity index (χ2n) is 4.81. The molecule has 4 nitrogen and oxygen atoms in total. The molecule has 0 spiro atoms. The summed E-state index contributed by atoms with van der Waals surface area (Å²) < 4.78 is 10.5. The van der Waals surface area contributed by atoms with Gasteiger partial charge in [-0.2, -0.15) is 0 Å². The normalized spacial score (nSPS) is 16.1. The van der Waals surface area contributed by atoms with E-state index in [4.69, 9.17) is 9.47 Å². The summed E-state index contributed by atoms with van der Waals surface area (Å²) in [6, 6.07) is 5.74. The Kier molecular flexibility index (Phi) is 5.17. The van der Waals surface area contributed by atoms with Crippen molar-refractivity contribution < 1.29 is 14.3 Å². The first-order valence-electron chi connectivity index (χ1n) is 6.83. The first-order chi connectivity index (χ1) is 9.65. The van der Waals surface area contributed by atoms with Crippen LogP contribution in [0.2, 0.25) is 0 Å². The summed E-state index contributed by atoms with van der Waals surface area (Å²) in [5, 5.41) is -0.0776. The molecule has 0 aromatic heterocycles. The molecule has 1 atom stereocenters. The SMILES string of the molecule is COc1ccc(SC(C)C(=O)N2CCCC2)cc1OC. The lowest BCUT2D eigenvalue weighted by atomic mass is 10.3. The Hall–Kier alpha value is -1.36. The van der Waals surface area contributed by atoms with Crippen molar-refractivity contribution in [3.05, 3.63) is 18.2 Å². The molecule has 1 amide bonds. The number of carbonyl (C=O) groups excluding carboxylic acids is 1. The van der Waals surface area contributed by atoms with Gasteiger partial charge in [0, 0.05) is 18.0 Å². The summed E-state index contributed by atoms with van der Waals surface area (Å²) >= 11 is 1.56. The number of benzene rings is 1. The van der Waals surface area contributed by atoms with Crippen LogP contribution in [0.25, 0.3) is 0 Å². The van der Waals surface area contributed by atoms with Crippen molar-refractivity contribution in [2.24, 2.45) is 0 Å². The van der Waals surface area contributed by atoms with Crippen LogP contribution in [0.5, 0.6) is 11.5 Å². The van der Waals surface area contributed by atoms with Crippen LogP contribution in [-0.4, -0.2) is 43.4 Å². The minimum atomic E-state index is -0.0776. The Morgan fingerprint density at radius 3 is 2.45 bits per heavy atom. The number of carbonyl (C=O) groups is 1. The van der Waals surface area contributed by atoms with Crippen molar-refractivity contribution in [2.45, 2.75) is 29.9 Å². The van der Waals surface area contributed by atoms with Crippen LogP contribution in [-0.2, 0) is 4.79 Å². The molecule has 5 heteroatoms. The smallest absolute Gasteiger partial charge is 0.235 e. The number of rotatable bonds is 5. The number of amides is 1. The fourth-order valence-corrected chi connectivity index (χ4v) is 3.32. The van der Waals surface area contributed by atoms with Crippen LogP contribution in [0.1, 0.15) is 19.8 Å². The van der Waals surface area contributed by atoms with Gasteiger partial charge >= 0.3 is 0 Å². The second-order valence-corrected chi connectivity index (χ2v) is 6.22. The van der Waals surface area contributed by atoms with Crippen LogP contribution in [0.3, 0.4) is 0 Å². The van der Waals surface area contributed by atoms with E-state index in [9.17, 15) is 4.79 Å². The third-order valence-electron chi connectivity index (χ3n) is 3.43. The molecule has 1 aromatic carbocycles. The van der Waals surface area contributed by atoms with E-state index >= 15 is 0 Å². The molecule has 1 saturated heterocycles. The molecule has 1 fully saturated rings. The maximum atomic E-state index is 12.3. The number of nitrogens with zero attached hydrogens (tertiary/aromatic N) is 1.